The summed E-state index contributed by atoms with van der Waals surface area (Å²) in [4.78, 5) is 16.8. The summed E-state index contributed by atoms with van der Waals surface area (Å²) in [7, 11) is 0. The van der Waals surface area contributed by atoms with E-state index in [-0.39, 0.29) is 12.7 Å². The van der Waals surface area contributed by atoms with Crippen molar-refractivity contribution >= 4 is 22.6 Å². The smallest absolute Gasteiger partial charge is 0.231 e. The zero-order valence-electron chi connectivity index (χ0n) is 14.2. The number of anilines is 1. The molecular formula is C19H19N3O3. The van der Waals surface area contributed by atoms with Crippen LogP contribution in [-0.4, -0.2) is 22.3 Å². The molecule has 2 aromatic carbocycles. The van der Waals surface area contributed by atoms with Crippen molar-refractivity contribution in [1.29, 1.82) is 0 Å². The molecule has 2 heterocycles. The van der Waals surface area contributed by atoms with Crippen molar-refractivity contribution in [3.8, 4) is 11.5 Å². The van der Waals surface area contributed by atoms with Crippen LogP contribution in [0.2, 0.25) is 0 Å². The fourth-order valence-electron chi connectivity index (χ4n) is 2.96. The second kappa shape index (κ2) is 6.12. The lowest BCUT2D eigenvalue weighted by molar-refractivity contribution is -0.115. The number of ether oxygens (including phenoxy) is 2. The molecule has 0 fully saturated rings. The van der Waals surface area contributed by atoms with E-state index in [0.717, 1.165) is 16.6 Å². The molecule has 3 aromatic rings. The van der Waals surface area contributed by atoms with Gasteiger partial charge in [0.05, 0.1) is 23.8 Å². The number of nitrogens with zero attached hydrogens (tertiary/aromatic N) is 2. The lowest BCUT2D eigenvalue weighted by Gasteiger charge is -2.09. The predicted octanol–water partition coefficient (Wildman–Crippen LogP) is 3.53. The van der Waals surface area contributed by atoms with Crippen LogP contribution in [0.3, 0.4) is 0 Å². The Morgan fingerprint density at radius 1 is 1.20 bits per heavy atom. The van der Waals surface area contributed by atoms with Crippen LogP contribution < -0.4 is 14.8 Å². The molecule has 1 N–H and O–H groups in total. The molecule has 0 saturated heterocycles. The number of carbonyl (C=O) groups is 1. The minimum absolute atomic E-state index is 0.0819. The van der Waals surface area contributed by atoms with E-state index in [1.807, 2.05) is 24.5 Å². The minimum Gasteiger partial charge on any atom is -0.454 e. The molecule has 25 heavy (non-hydrogen) atoms. The summed E-state index contributed by atoms with van der Waals surface area (Å²) in [6.07, 6.45) is 2.13. The first kappa shape index (κ1) is 15.5. The van der Waals surface area contributed by atoms with Gasteiger partial charge in [0.2, 0.25) is 12.7 Å². The van der Waals surface area contributed by atoms with Gasteiger partial charge in [0.25, 0.3) is 0 Å². The number of amides is 1. The van der Waals surface area contributed by atoms with Gasteiger partial charge in [-0.25, -0.2) is 4.98 Å². The maximum atomic E-state index is 12.3. The predicted molar refractivity (Wildman–Crippen MR) is 95.0 cm³/mol. The van der Waals surface area contributed by atoms with E-state index >= 15 is 0 Å². The third-order valence-electron chi connectivity index (χ3n) is 4.22. The molecule has 1 amide bonds. The first-order chi connectivity index (χ1) is 12.1. The maximum Gasteiger partial charge on any atom is 0.231 e. The summed E-state index contributed by atoms with van der Waals surface area (Å²) in [6, 6.07) is 11.7. The minimum atomic E-state index is -0.0819. The van der Waals surface area contributed by atoms with Crippen molar-refractivity contribution in [2.75, 3.05) is 12.1 Å². The van der Waals surface area contributed by atoms with E-state index in [9.17, 15) is 4.79 Å². The molecule has 0 bridgehead atoms. The second-order valence-electron chi connectivity index (χ2n) is 6.36. The number of fused-ring (bicyclic) bond motifs is 2. The van der Waals surface area contributed by atoms with Crippen LogP contribution >= 0.6 is 0 Å². The third-order valence-corrected chi connectivity index (χ3v) is 4.22. The van der Waals surface area contributed by atoms with Crippen molar-refractivity contribution < 1.29 is 14.3 Å². The van der Waals surface area contributed by atoms with Gasteiger partial charge in [-0.05, 0) is 43.7 Å². The highest BCUT2D eigenvalue weighted by Crippen LogP contribution is 2.34. The van der Waals surface area contributed by atoms with E-state index in [4.69, 9.17) is 9.47 Å². The molecule has 128 valence electrons. The summed E-state index contributed by atoms with van der Waals surface area (Å²) in [5, 5.41) is 2.89. The quantitative estimate of drug-likeness (QED) is 0.791. The van der Waals surface area contributed by atoms with Crippen LogP contribution in [-0.2, 0) is 11.2 Å². The summed E-state index contributed by atoms with van der Waals surface area (Å²) < 4.78 is 12.7. The van der Waals surface area contributed by atoms with Gasteiger partial charge in [0, 0.05) is 17.8 Å². The molecule has 6 heteroatoms. The van der Waals surface area contributed by atoms with Gasteiger partial charge < -0.3 is 19.4 Å². The van der Waals surface area contributed by atoms with Crippen LogP contribution in [0.15, 0.2) is 42.7 Å². The fourth-order valence-corrected chi connectivity index (χ4v) is 2.96. The average molecular weight is 337 g/mol. The third kappa shape index (κ3) is 3.03. The van der Waals surface area contributed by atoms with E-state index in [1.165, 1.54) is 0 Å². The monoisotopic (exact) mass is 337 g/mol. The fraction of sp³-hybridized carbons (Fsp3) is 0.263. The molecule has 0 saturated carbocycles. The molecule has 0 spiro atoms. The van der Waals surface area contributed by atoms with Crippen LogP contribution in [0.4, 0.5) is 5.69 Å². The number of hydrogen-bond donors (Lipinski definition) is 1. The van der Waals surface area contributed by atoms with Gasteiger partial charge in [0.15, 0.2) is 11.5 Å². The summed E-state index contributed by atoms with van der Waals surface area (Å²) >= 11 is 0. The van der Waals surface area contributed by atoms with Crippen molar-refractivity contribution in [3.05, 3.63) is 48.3 Å². The van der Waals surface area contributed by atoms with Crippen LogP contribution in [0, 0.1) is 0 Å². The molecule has 0 atom stereocenters. The molecule has 1 aliphatic rings. The lowest BCUT2D eigenvalue weighted by atomic mass is 10.1. The molecule has 1 aliphatic heterocycles. The van der Waals surface area contributed by atoms with Gasteiger partial charge in [-0.3, -0.25) is 4.79 Å². The number of hydrogen-bond acceptors (Lipinski definition) is 4. The SMILES string of the molecule is CC(C)n1cnc2cc(CC(=O)Nc3ccc4c(c3)OCO4)ccc21. The van der Waals surface area contributed by atoms with Crippen LogP contribution in [0.5, 0.6) is 11.5 Å². The highest BCUT2D eigenvalue weighted by Gasteiger charge is 2.14. The molecule has 6 nitrogen and oxygen atoms in total. The van der Waals surface area contributed by atoms with Gasteiger partial charge in [0.1, 0.15) is 0 Å². The van der Waals surface area contributed by atoms with Gasteiger partial charge in [-0.2, -0.15) is 0 Å². The van der Waals surface area contributed by atoms with Crippen molar-refractivity contribution in [1.82, 2.24) is 9.55 Å². The Bertz CT molecular complexity index is 946. The first-order valence-electron chi connectivity index (χ1n) is 8.25. The lowest BCUT2D eigenvalue weighted by Crippen LogP contribution is -2.14. The Morgan fingerprint density at radius 3 is 2.88 bits per heavy atom. The number of rotatable bonds is 4. The number of benzene rings is 2. The van der Waals surface area contributed by atoms with Crippen molar-refractivity contribution in [2.24, 2.45) is 0 Å². The highest BCUT2D eigenvalue weighted by atomic mass is 16.7. The first-order valence-corrected chi connectivity index (χ1v) is 8.25. The topological polar surface area (TPSA) is 65.4 Å². The van der Waals surface area contributed by atoms with Gasteiger partial charge in [-0.1, -0.05) is 6.07 Å². The highest BCUT2D eigenvalue weighted by molar-refractivity contribution is 5.93. The van der Waals surface area contributed by atoms with Gasteiger partial charge in [-0.15, -0.1) is 0 Å². The Kier molecular flexibility index (Phi) is 3.80. The van der Waals surface area contributed by atoms with E-state index in [1.54, 1.807) is 18.2 Å². The zero-order chi connectivity index (χ0) is 17.4. The van der Waals surface area contributed by atoms with E-state index < -0.39 is 0 Å². The maximum absolute atomic E-state index is 12.3. The standard InChI is InChI=1S/C19H19N3O3/c1-12(2)22-10-20-15-7-13(3-5-16(15)22)8-19(23)21-14-4-6-17-18(9-14)25-11-24-17/h3-7,9-10,12H,8,11H2,1-2H3,(H,21,23). The normalized spacial score (nSPS) is 12.8. The Balaban J connectivity index is 1.48. The van der Waals surface area contributed by atoms with Crippen LogP contribution in [0.25, 0.3) is 11.0 Å². The molecule has 4 rings (SSSR count). The summed E-state index contributed by atoms with van der Waals surface area (Å²) in [5.74, 6) is 1.27. The summed E-state index contributed by atoms with van der Waals surface area (Å²) in [5.41, 5.74) is 3.61. The molecule has 1 aromatic heterocycles. The molecular weight excluding hydrogens is 318 g/mol. The Hall–Kier alpha value is -3.02. The number of aromatic nitrogens is 2. The number of carbonyl (C=O) groups excluding carboxylic acids is 1. The molecule has 0 unspecified atom stereocenters. The molecule has 0 aliphatic carbocycles. The zero-order valence-corrected chi connectivity index (χ0v) is 14.2. The van der Waals surface area contributed by atoms with Crippen LogP contribution in [0.1, 0.15) is 25.5 Å². The average Bonchev–Trinajstić information content (AvgIpc) is 3.20. The van der Waals surface area contributed by atoms with Gasteiger partial charge >= 0.3 is 0 Å². The van der Waals surface area contributed by atoms with Crippen molar-refractivity contribution in [2.45, 2.75) is 26.3 Å². The summed E-state index contributed by atoms with van der Waals surface area (Å²) in [6.45, 7) is 4.46. The number of nitrogens with one attached hydrogen (secondary N) is 1. The number of imidazole rings is 1. The molecule has 0 radical (unpaired) electrons. The van der Waals surface area contributed by atoms with Crippen molar-refractivity contribution in [3.63, 3.8) is 0 Å². The Labute approximate surface area is 145 Å². The van der Waals surface area contributed by atoms with E-state index in [0.29, 0.717) is 29.6 Å². The van der Waals surface area contributed by atoms with E-state index in [2.05, 4.69) is 28.7 Å². The Morgan fingerprint density at radius 2 is 2.04 bits per heavy atom. The second-order valence-corrected chi connectivity index (χ2v) is 6.36. The largest absolute Gasteiger partial charge is 0.454 e.